The van der Waals surface area contributed by atoms with Crippen LogP contribution in [0.1, 0.15) is 18.9 Å². The molecule has 30 heavy (non-hydrogen) atoms. The van der Waals surface area contributed by atoms with Crippen LogP contribution >= 0.6 is 0 Å². The number of allylic oxidation sites excluding steroid dienone is 1. The first-order valence-corrected chi connectivity index (χ1v) is 8.95. The first-order chi connectivity index (χ1) is 14.3. The number of benzene rings is 2. The highest BCUT2D eigenvalue weighted by Crippen LogP contribution is 2.16. The van der Waals surface area contributed by atoms with E-state index < -0.39 is 23.1 Å². The average molecular weight is 412 g/mol. The Bertz CT molecular complexity index is 952. The Labute approximate surface area is 172 Å². The van der Waals surface area contributed by atoms with Gasteiger partial charge in [0, 0.05) is 24.7 Å². The van der Waals surface area contributed by atoms with E-state index in [9.17, 15) is 24.5 Å². The van der Waals surface area contributed by atoms with Gasteiger partial charge in [0.25, 0.3) is 5.69 Å². The summed E-state index contributed by atoms with van der Waals surface area (Å²) in [5, 5.41) is 13.4. The van der Waals surface area contributed by atoms with Crippen LogP contribution in [0.5, 0.6) is 5.75 Å². The molecule has 0 aliphatic carbocycles. The molecule has 0 fully saturated rings. The highest BCUT2D eigenvalue weighted by atomic mass is 16.6. The molecule has 0 heterocycles. The number of anilines is 1. The lowest BCUT2D eigenvalue weighted by Gasteiger charge is -2.08. The summed E-state index contributed by atoms with van der Waals surface area (Å²) in [6.07, 6.45) is 2.13. The Morgan fingerprint density at radius 2 is 1.83 bits per heavy atom. The smallest absolute Gasteiger partial charge is 0.313 e. The van der Waals surface area contributed by atoms with E-state index in [0.717, 1.165) is 0 Å². The number of hydrogen-bond donors (Lipinski definition) is 1. The molecule has 1 N–H and O–H groups in total. The minimum absolute atomic E-state index is 0.0336. The molecule has 156 valence electrons. The van der Waals surface area contributed by atoms with Crippen LogP contribution in [0.3, 0.4) is 0 Å². The molecule has 2 aromatic rings. The third-order valence-electron chi connectivity index (χ3n) is 3.65. The van der Waals surface area contributed by atoms with Gasteiger partial charge in [-0.15, -0.1) is 0 Å². The van der Waals surface area contributed by atoms with Crippen LogP contribution in [-0.2, 0) is 19.1 Å². The number of non-ortho nitro benzene ring substituents is 1. The lowest BCUT2D eigenvalue weighted by Crippen LogP contribution is -2.14. The summed E-state index contributed by atoms with van der Waals surface area (Å²) in [4.78, 5) is 44.7. The van der Waals surface area contributed by atoms with Crippen molar-refractivity contribution in [3.05, 3.63) is 70.3 Å². The Morgan fingerprint density at radius 1 is 1.10 bits per heavy atom. The van der Waals surface area contributed by atoms with Crippen molar-refractivity contribution in [3.8, 4) is 5.75 Å². The van der Waals surface area contributed by atoms with Crippen molar-refractivity contribution in [2.24, 2.45) is 0 Å². The average Bonchev–Trinajstić information content (AvgIpc) is 2.70. The van der Waals surface area contributed by atoms with Gasteiger partial charge in [-0.1, -0.05) is 18.2 Å². The van der Waals surface area contributed by atoms with Gasteiger partial charge in [-0.3, -0.25) is 24.5 Å². The van der Waals surface area contributed by atoms with Crippen molar-refractivity contribution in [2.45, 2.75) is 13.3 Å². The van der Waals surface area contributed by atoms with E-state index >= 15 is 0 Å². The molecule has 0 aliphatic heterocycles. The molecule has 0 saturated heterocycles. The number of carbonyl (C=O) groups is 3. The number of hydrogen-bond acceptors (Lipinski definition) is 7. The van der Waals surface area contributed by atoms with Gasteiger partial charge in [0.1, 0.15) is 25.4 Å². The number of rotatable bonds is 10. The number of ketones is 1. The van der Waals surface area contributed by atoms with Crippen molar-refractivity contribution in [1.29, 1.82) is 0 Å². The molecule has 0 atom stereocenters. The molecule has 2 rings (SSSR count). The van der Waals surface area contributed by atoms with E-state index in [4.69, 9.17) is 9.47 Å². The molecule has 0 radical (unpaired) electrons. The summed E-state index contributed by atoms with van der Waals surface area (Å²) < 4.78 is 10.4. The molecular formula is C21H20N2O7. The number of ether oxygens (including phenoxy) is 2. The van der Waals surface area contributed by atoms with Crippen LogP contribution < -0.4 is 10.1 Å². The van der Waals surface area contributed by atoms with Crippen LogP contribution in [-0.4, -0.2) is 35.8 Å². The van der Waals surface area contributed by atoms with Crippen LogP contribution in [0.15, 0.2) is 54.6 Å². The first-order valence-electron chi connectivity index (χ1n) is 8.95. The molecule has 0 aliphatic rings. The summed E-state index contributed by atoms with van der Waals surface area (Å²) in [5.41, 5.74) is 1.02. The van der Waals surface area contributed by atoms with Gasteiger partial charge in [-0.25, -0.2) is 0 Å². The highest BCUT2D eigenvalue weighted by molar-refractivity contribution is 6.04. The second kappa shape index (κ2) is 11.1. The van der Waals surface area contributed by atoms with Crippen molar-refractivity contribution in [2.75, 3.05) is 18.5 Å². The Hall–Kier alpha value is -4.01. The van der Waals surface area contributed by atoms with E-state index in [2.05, 4.69) is 5.32 Å². The number of nitro benzene ring substituents is 1. The normalized spacial score (nSPS) is 10.4. The maximum Gasteiger partial charge on any atom is 0.313 e. The minimum Gasteiger partial charge on any atom is -0.490 e. The van der Waals surface area contributed by atoms with Crippen molar-refractivity contribution in [1.82, 2.24) is 0 Å². The molecule has 0 unspecified atom stereocenters. The van der Waals surface area contributed by atoms with E-state index in [0.29, 0.717) is 17.0 Å². The summed E-state index contributed by atoms with van der Waals surface area (Å²) in [6.45, 7) is 1.48. The maximum absolute atomic E-state index is 11.8. The second-order valence-corrected chi connectivity index (χ2v) is 6.10. The molecule has 1 amide bonds. The van der Waals surface area contributed by atoms with Crippen molar-refractivity contribution >= 4 is 35.1 Å². The lowest BCUT2D eigenvalue weighted by molar-refractivity contribution is -0.384. The fourth-order valence-corrected chi connectivity index (χ4v) is 2.34. The zero-order valence-corrected chi connectivity index (χ0v) is 16.2. The maximum atomic E-state index is 11.8. The number of nitrogens with one attached hydrogen (secondary N) is 1. The second-order valence-electron chi connectivity index (χ2n) is 6.10. The first kappa shape index (κ1) is 22.3. The number of esters is 1. The SMILES string of the molecule is CC(=O)Nc1ccc(OCCOC(=O)CC(=O)C=Cc2cccc([N+](=O)[O-])c2)cc1. The summed E-state index contributed by atoms with van der Waals surface area (Å²) in [7, 11) is 0. The third-order valence-corrected chi connectivity index (χ3v) is 3.65. The van der Waals surface area contributed by atoms with Gasteiger partial charge < -0.3 is 14.8 Å². The summed E-state index contributed by atoms with van der Waals surface area (Å²) in [5.74, 6) is -0.824. The van der Waals surface area contributed by atoms with Crippen LogP contribution in [0.25, 0.3) is 6.08 Å². The van der Waals surface area contributed by atoms with E-state index in [1.54, 1.807) is 30.3 Å². The van der Waals surface area contributed by atoms with Gasteiger partial charge in [0.05, 0.1) is 4.92 Å². The number of nitro groups is 1. The zero-order valence-electron chi connectivity index (χ0n) is 16.2. The number of amides is 1. The molecule has 9 heteroatoms. The van der Waals surface area contributed by atoms with Gasteiger partial charge in [0.2, 0.25) is 5.91 Å². The molecule has 0 bridgehead atoms. The predicted molar refractivity (Wildman–Crippen MR) is 109 cm³/mol. The summed E-state index contributed by atoms with van der Waals surface area (Å²) in [6, 6.07) is 12.5. The minimum atomic E-state index is -0.701. The van der Waals surface area contributed by atoms with E-state index in [-0.39, 0.29) is 24.8 Å². The number of nitrogens with zero attached hydrogens (tertiary/aromatic N) is 1. The Balaban J connectivity index is 1.70. The molecule has 9 nitrogen and oxygen atoms in total. The summed E-state index contributed by atoms with van der Waals surface area (Å²) >= 11 is 0. The topological polar surface area (TPSA) is 125 Å². The zero-order chi connectivity index (χ0) is 21.9. The quantitative estimate of drug-likeness (QED) is 0.159. The van der Waals surface area contributed by atoms with Crippen LogP contribution in [0.2, 0.25) is 0 Å². The fourth-order valence-electron chi connectivity index (χ4n) is 2.34. The van der Waals surface area contributed by atoms with Gasteiger partial charge >= 0.3 is 5.97 Å². The van der Waals surface area contributed by atoms with E-state index in [1.807, 2.05) is 0 Å². The Kier molecular flexibility index (Phi) is 8.25. The largest absolute Gasteiger partial charge is 0.490 e. The van der Waals surface area contributed by atoms with Gasteiger partial charge in [-0.2, -0.15) is 0 Å². The highest BCUT2D eigenvalue weighted by Gasteiger charge is 2.09. The van der Waals surface area contributed by atoms with E-state index in [1.165, 1.54) is 37.3 Å². The van der Waals surface area contributed by atoms with Crippen molar-refractivity contribution in [3.63, 3.8) is 0 Å². The van der Waals surface area contributed by atoms with Gasteiger partial charge in [0.15, 0.2) is 5.78 Å². The lowest BCUT2D eigenvalue weighted by atomic mass is 10.1. The van der Waals surface area contributed by atoms with Gasteiger partial charge in [-0.05, 0) is 35.9 Å². The van der Waals surface area contributed by atoms with Crippen LogP contribution in [0.4, 0.5) is 11.4 Å². The van der Waals surface area contributed by atoms with Crippen LogP contribution in [0, 0.1) is 10.1 Å². The molecule has 0 aromatic heterocycles. The molecule has 2 aromatic carbocycles. The molecule has 0 spiro atoms. The standard InChI is InChI=1S/C21H20N2O7/c1-15(24)22-17-6-9-20(10-7-17)29-11-12-30-21(26)14-19(25)8-5-16-3-2-4-18(13-16)23(27)28/h2-10,13H,11-12,14H2,1H3,(H,22,24). The third kappa shape index (κ3) is 7.93. The molecule has 0 saturated carbocycles. The number of carbonyl (C=O) groups excluding carboxylic acids is 3. The molecular weight excluding hydrogens is 392 g/mol. The Morgan fingerprint density at radius 3 is 2.50 bits per heavy atom. The van der Waals surface area contributed by atoms with Crippen molar-refractivity contribution < 1.29 is 28.8 Å². The monoisotopic (exact) mass is 412 g/mol. The fraction of sp³-hybridized carbons (Fsp3) is 0.190. The predicted octanol–water partition coefficient (Wildman–Crippen LogP) is 3.15.